The number of nitrogens with zero attached hydrogens (tertiary/aromatic N) is 3. The van der Waals surface area contributed by atoms with Crippen molar-refractivity contribution in [2.75, 3.05) is 13.1 Å². The van der Waals surface area contributed by atoms with Gasteiger partial charge in [-0.3, -0.25) is 15.4 Å². The number of likely N-dealkylation sites (tertiary alicyclic amines) is 1. The minimum atomic E-state index is 0.0174. The number of nitrogens with two attached hydrogens (primary N) is 1. The van der Waals surface area contributed by atoms with Gasteiger partial charge in [0.25, 0.3) is 0 Å². The highest BCUT2D eigenvalue weighted by atomic mass is 15.3. The third-order valence-electron chi connectivity index (χ3n) is 4.61. The number of hydrazine groups is 1. The topological polar surface area (TPSA) is 59.1 Å². The molecule has 108 valence electrons. The first-order valence-corrected chi connectivity index (χ1v) is 7.32. The molecule has 0 aliphatic carbocycles. The van der Waals surface area contributed by atoms with Crippen LogP contribution in [0.25, 0.3) is 0 Å². The predicted octanol–water partition coefficient (Wildman–Crippen LogP) is 1.58. The maximum atomic E-state index is 5.86. The summed E-state index contributed by atoms with van der Waals surface area (Å²) in [5.74, 6) is 5.86. The Balaban J connectivity index is 2.25. The third kappa shape index (κ3) is 2.83. The number of hydrogen-bond acceptors (Lipinski definition) is 4. The van der Waals surface area contributed by atoms with Crippen LogP contribution in [0.1, 0.15) is 51.3 Å². The molecule has 2 unspecified atom stereocenters. The van der Waals surface area contributed by atoms with Gasteiger partial charge in [-0.1, -0.05) is 13.3 Å². The van der Waals surface area contributed by atoms with Gasteiger partial charge in [0.1, 0.15) is 0 Å². The molecule has 3 N–H and O–H groups in total. The Morgan fingerprint density at radius 2 is 2.11 bits per heavy atom. The fraction of sp³-hybridized carbons (Fsp3) is 0.786. The van der Waals surface area contributed by atoms with Crippen molar-refractivity contribution in [3.05, 3.63) is 18.0 Å². The van der Waals surface area contributed by atoms with Gasteiger partial charge in [0.15, 0.2) is 0 Å². The molecular weight excluding hydrogens is 238 g/mol. The summed E-state index contributed by atoms with van der Waals surface area (Å²) >= 11 is 0. The van der Waals surface area contributed by atoms with Gasteiger partial charge in [-0.25, -0.2) is 5.43 Å². The monoisotopic (exact) mass is 265 g/mol. The van der Waals surface area contributed by atoms with E-state index in [9.17, 15) is 0 Å². The quantitative estimate of drug-likeness (QED) is 0.627. The summed E-state index contributed by atoms with van der Waals surface area (Å²) < 4.78 is 1.84. The Morgan fingerprint density at radius 1 is 1.42 bits per heavy atom. The molecule has 0 saturated carbocycles. The zero-order valence-corrected chi connectivity index (χ0v) is 12.4. The van der Waals surface area contributed by atoms with Crippen LogP contribution in [0, 0.1) is 0 Å². The van der Waals surface area contributed by atoms with Crippen molar-refractivity contribution in [1.29, 1.82) is 0 Å². The highest BCUT2D eigenvalue weighted by Gasteiger charge is 2.40. The molecule has 1 fully saturated rings. The van der Waals surface area contributed by atoms with Gasteiger partial charge in [0.2, 0.25) is 0 Å². The summed E-state index contributed by atoms with van der Waals surface area (Å²) in [6.45, 7) is 6.87. The van der Waals surface area contributed by atoms with Crippen molar-refractivity contribution >= 4 is 0 Å². The lowest BCUT2D eigenvalue weighted by molar-refractivity contribution is 0.0410. The Bertz CT molecular complexity index is 396. The fourth-order valence-electron chi connectivity index (χ4n) is 3.19. The highest BCUT2D eigenvalue weighted by Crippen LogP contribution is 2.34. The van der Waals surface area contributed by atoms with Gasteiger partial charge in [0, 0.05) is 18.8 Å². The molecule has 2 heterocycles. The van der Waals surface area contributed by atoms with E-state index in [1.165, 1.54) is 19.3 Å². The summed E-state index contributed by atoms with van der Waals surface area (Å²) in [6.07, 6.45) is 6.95. The molecule has 1 aromatic heterocycles. The Morgan fingerprint density at radius 3 is 2.58 bits per heavy atom. The molecular formula is C14H27N5. The van der Waals surface area contributed by atoms with Crippen LogP contribution in [0.15, 0.2) is 12.3 Å². The fourth-order valence-corrected chi connectivity index (χ4v) is 3.19. The first-order chi connectivity index (χ1) is 9.11. The van der Waals surface area contributed by atoms with Gasteiger partial charge in [-0.2, -0.15) is 5.10 Å². The summed E-state index contributed by atoms with van der Waals surface area (Å²) in [6, 6.07) is 2.12. The van der Waals surface area contributed by atoms with E-state index < -0.39 is 0 Å². The first kappa shape index (κ1) is 14.5. The van der Waals surface area contributed by atoms with Gasteiger partial charge in [-0.05, 0) is 45.3 Å². The maximum Gasteiger partial charge on any atom is 0.0831 e. The molecule has 2 rings (SSSR count). The van der Waals surface area contributed by atoms with Crippen molar-refractivity contribution in [3.8, 4) is 0 Å². The second kappa shape index (κ2) is 6.03. The molecule has 5 heteroatoms. The van der Waals surface area contributed by atoms with E-state index in [1.54, 1.807) is 0 Å². The predicted molar refractivity (Wildman–Crippen MR) is 77.4 cm³/mol. The smallest absolute Gasteiger partial charge is 0.0831 e. The number of aromatic nitrogens is 2. The van der Waals surface area contributed by atoms with E-state index >= 15 is 0 Å². The van der Waals surface area contributed by atoms with Gasteiger partial charge >= 0.3 is 0 Å². The molecule has 0 radical (unpaired) electrons. The summed E-state index contributed by atoms with van der Waals surface area (Å²) in [7, 11) is 1.95. The maximum absolute atomic E-state index is 5.86. The molecule has 1 aromatic rings. The Labute approximate surface area is 116 Å². The van der Waals surface area contributed by atoms with E-state index in [-0.39, 0.29) is 11.6 Å². The average Bonchev–Trinajstić information content (AvgIpc) is 2.86. The highest BCUT2D eigenvalue weighted by molar-refractivity contribution is 5.13. The average molecular weight is 265 g/mol. The van der Waals surface area contributed by atoms with Crippen LogP contribution in [0.4, 0.5) is 0 Å². The molecule has 2 atom stereocenters. The first-order valence-electron chi connectivity index (χ1n) is 7.32. The molecule has 1 aliphatic rings. The normalized spacial score (nSPS) is 22.1. The van der Waals surface area contributed by atoms with Crippen LogP contribution in [-0.4, -0.2) is 33.3 Å². The van der Waals surface area contributed by atoms with E-state index in [2.05, 4.69) is 35.3 Å². The van der Waals surface area contributed by atoms with Crippen molar-refractivity contribution in [2.24, 2.45) is 12.9 Å². The van der Waals surface area contributed by atoms with Crippen LogP contribution >= 0.6 is 0 Å². The van der Waals surface area contributed by atoms with Crippen LogP contribution < -0.4 is 11.3 Å². The number of rotatable bonds is 5. The largest absolute Gasteiger partial charge is 0.296 e. The Hall–Kier alpha value is -0.910. The minimum Gasteiger partial charge on any atom is -0.296 e. The van der Waals surface area contributed by atoms with E-state index in [0.717, 1.165) is 25.2 Å². The molecule has 1 aliphatic heterocycles. The Kier molecular flexibility index (Phi) is 4.60. The summed E-state index contributed by atoms with van der Waals surface area (Å²) in [4.78, 5) is 2.58. The SMILES string of the molecule is CCC(C)(C(NN)c1ccn(C)n1)N1CCCCC1. The second-order valence-electron chi connectivity index (χ2n) is 5.77. The minimum absolute atomic E-state index is 0.0174. The van der Waals surface area contributed by atoms with E-state index in [0.29, 0.717) is 0 Å². The third-order valence-corrected chi connectivity index (χ3v) is 4.61. The number of aryl methyl sites for hydroxylation is 1. The summed E-state index contributed by atoms with van der Waals surface area (Å²) in [5, 5.41) is 4.54. The van der Waals surface area contributed by atoms with Crippen molar-refractivity contribution in [2.45, 2.75) is 51.1 Å². The van der Waals surface area contributed by atoms with Gasteiger partial charge in [-0.15, -0.1) is 0 Å². The lowest BCUT2D eigenvalue weighted by Crippen LogP contribution is -2.57. The number of piperidine rings is 1. The zero-order valence-electron chi connectivity index (χ0n) is 12.4. The molecule has 0 bridgehead atoms. The zero-order chi connectivity index (χ0) is 13.9. The number of nitrogens with one attached hydrogen (secondary N) is 1. The van der Waals surface area contributed by atoms with Crippen LogP contribution in [0.3, 0.4) is 0 Å². The van der Waals surface area contributed by atoms with Gasteiger partial charge in [0.05, 0.1) is 11.7 Å². The molecule has 0 amide bonds. The van der Waals surface area contributed by atoms with E-state index in [1.807, 2.05) is 17.9 Å². The molecule has 1 saturated heterocycles. The van der Waals surface area contributed by atoms with Crippen molar-refractivity contribution < 1.29 is 0 Å². The van der Waals surface area contributed by atoms with Crippen LogP contribution in [0.5, 0.6) is 0 Å². The summed E-state index contributed by atoms with van der Waals surface area (Å²) in [5.41, 5.74) is 4.05. The van der Waals surface area contributed by atoms with E-state index in [4.69, 9.17) is 5.84 Å². The number of hydrogen-bond donors (Lipinski definition) is 2. The second-order valence-corrected chi connectivity index (χ2v) is 5.77. The van der Waals surface area contributed by atoms with Crippen molar-refractivity contribution in [1.82, 2.24) is 20.1 Å². The standard InChI is InChI=1S/C14H27N5/c1-4-14(2,19-9-6-5-7-10-19)13(16-15)12-8-11-18(3)17-12/h8,11,13,16H,4-7,9-10,15H2,1-3H3. The lowest BCUT2D eigenvalue weighted by atomic mass is 9.84. The molecule has 19 heavy (non-hydrogen) atoms. The lowest BCUT2D eigenvalue weighted by Gasteiger charge is -2.47. The van der Waals surface area contributed by atoms with Crippen LogP contribution in [-0.2, 0) is 7.05 Å². The molecule has 0 aromatic carbocycles. The van der Waals surface area contributed by atoms with Crippen LogP contribution in [0.2, 0.25) is 0 Å². The van der Waals surface area contributed by atoms with Gasteiger partial charge < -0.3 is 0 Å². The molecule has 5 nitrogen and oxygen atoms in total. The molecule has 0 spiro atoms. The van der Waals surface area contributed by atoms with Crippen molar-refractivity contribution in [3.63, 3.8) is 0 Å².